The maximum absolute atomic E-state index is 12.8. The van der Waals surface area contributed by atoms with Gasteiger partial charge in [0, 0.05) is 0 Å². The Labute approximate surface area is 139 Å². The Morgan fingerprint density at radius 1 is 0.885 bits per heavy atom. The first kappa shape index (κ1) is 21.7. The summed E-state index contributed by atoms with van der Waals surface area (Å²) < 4.78 is 122. The smallest absolute Gasteiger partial charge is 0.429 e. The van der Waals surface area contributed by atoms with Gasteiger partial charge < -0.3 is 14.2 Å². The van der Waals surface area contributed by atoms with Gasteiger partial charge in [0.25, 0.3) is 0 Å². The molecule has 0 fully saturated rings. The van der Waals surface area contributed by atoms with Crippen LogP contribution in [0, 0.1) is 0 Å². The number of ether oxygens (including phenoxy) is 3. The molecule has 1 rings (SSSR count). The molecule has 0 spiro atoms. The number of hydrogen-bond acceptors (Lipinski definition) is 4. The van der Waals surface area contributed by atoms with Crippen LogP contribution in [0.25, 0.3) is 0 Å². The number of alkyl halides is 9. The fraction of sp³-hybridized carbons (Fsp3) is 0.462. The second-order valence-corrected chi connectivity index (χ2v) is 4.63. The summed E-state index contributed by atoms with van der Waals surface area (Å²) in [4.78, 5) is 11.6. The third-order valence-corrected chi connectivity index (χ3v) is 2.36. The lowest BCUT2D eigenvalue weighted by molar-refractivity contribution is -0.209. The maximum atomic E-state index is 12.8. The minimum atomic E-state index is -4.87. The molecule has 0 unspecified atom stereocenters. The van der Waals surface area contributed by atoms with Crippen LogP contribution in [0.4, 0.5) is 39.5 Å². The summed E-state index contributed by atoms with van der Waals surface area (Å²) in [5, 5.41) is 0. The van der Waals surface area contributed by atoms with Gasteiger partial charge in [-0.2, -0.15) is 35.1 Å². The highest BCUT2D eigenvalue weighted by molar-refractivity contribution is 5.93. The molecule has 0 saturated carbocycles. The zero-order chi connectivity index (χ0) is 20.2. The molecule has 1 aromatic carbocycles. The van der Waals surface area contributed by atoms with E-state index >= 15 is 0 Å². The van der Waals surface area contributed by atoms with Crippen LogP contribution >= 0.6 is 0 Å². The fourth-order valence-electron chi connectivity index (χ4n) is 1.43. The van der Waals surface area contributed by atoms with Crippen molar-refractivity contribution in [1.82, 2.24) is 0 Å². The summed E-state index contributed by atoms with van der Waals surface area (Å²) in [6.07, 6.45) is -14.2. The predicted molar refractivity (Wildman–Crippen MR) is 65.9 cm³/mol. The molecular weight excluding hydrogens is 391 g/mol. The first-order valence-electron chi connectivity index (χ1n) is 6.43. The Balaban J connectivity index is 3.10. The highest BCUT2D eigenvalue weighted by atomic mass is 19.4. The molecular formula is C13H9F9O4. The Morgan fingerprint density at radius 3 is 1.92 bits per heavy atom. The molecule has 0 N–H and O–H groups in total. The molecule has 0 amide bonds. The van der Waals surface area contributed by atoms with Crippen LogP contribution in [0.2, 0.25) is 0 Å². The molecule has 26 heavy (non-hydrogen) atoms. The van der Waals surface area contributed by atoms with Crippen LogP contribution in [-0.4, -0.2) is 44.3 Å². The quantitative estimate of drug-likeness (QED) is 0.506. The van der Waals surface area contributed by atoms with E-state index in [1.807, 2.05) is 0 Å². The number of esters is 1. The van der Waals surface area contributed by atoms with E-state index in [9.17, 15) is 44.3 Å². The van der Waals surface area contributed by atoms with Gasteiger partial charge in [-0.1, -0.05) is 0 Å². The van der Waals surface area contributed by atoms with E-state index in [0.29, 0.717) is 18.2 Å². The van der Waals surface area contributed by atoms with E-state index in [1.54, 1.807) is 0 Å². The van der Waals surface area contributed by atoms with E-state index in [-0.39, 0.29) is 0 Å². The summed E-state index contributed by atoms with van der Waals surface area (Å²) in [5.74, 6) is -3.65. The third kappa shape index (κ3) is 7.70. The van der Waals surface area contributed by atoms with Crippen molar-refractivity contribution in [2.75, 3.05) is 19.9 Å². The average Bonchev–Trinajstić information content (AvgIpc) is 2.49. The monoisotopic (exact) mass is 400 g/mol. The van der Waals surface area contributed by atoms with Gasteiger partial charge in [-0.15, -0.1) is 0 Å². The van der Waals surface area contributed by atoms with Crippen LogP contribution in [0.3, 0.4) is 0 Å². The molecule has 1 aromatic rings. The summed E-state index contributed by atoms with van der Waals surface area (Å²) in [6, 6.07) is 1.69. The molecule has 0 saturated heterocycles. The fourth-order valence-corrected chi connectivity index (χ4v) is 1.43. The van der Waals surface area contributed by atoms with Crippen LogP contribution in [0.5, 0.6) is 11.5 Å². The molecule has 13 heteroatoms. The van der Waals surface area contributed by atoms with E-state index in [4.69, 9.17) is 0 Å². The molecule has 0 aliphatic rings. The van der Waals surface area contributed by atoms with Gasteiger partial charge >= 0.3 is 24.4 Å². The molecule has 148 valence electrons. The molecule has 0 aliphatic carbocycles. The van der Waals surface area contributed by atoms with Crippen molar-refractivity contribution in [1.29, 1.82) is 0 Å². The van der Waals surface area contributed by atoms with Crippen molar-refractivity contribution < 1.29 is 58.5 Å². The van der Waals surface area contributed by atoms with Crippen molar-refractivity contribution in [3.05, 3.63) is 23.8 Å². The summed E-state index contributed by atoms with van der Waals surface area (Å²) in [5.41, 5.74) is -1.11. The highest BCUT2D eigenvalue weighted by Crippen LogP contribution is 2.30. The van der Waals surface area contributed by atoms with E-state index in [0.717, 1.165) is 0 Å². The van der Waals surface area contributed by atoms with Gasteiger partial charge in [0.2, 0.25) is 0 Å². The van der Waals surface area contributed by atoms with Crippen molar-refractivity contribution in [2.45, 2.75) is 18.5 Å². The topological polar surface area (TPSA) is 44.8 Å². The number of halogens is 9. The van der Waals surface area contributed by atoms with E-state index in [1.165, 1.54) is 0 Å². The molecule has 0 atom stereocenters. The van der Waals surface area contributed by atoms with Gasteiger partial charge in [0.15, 0.2) is 19.9 Å². The first-order valence-corrected chi connectivity index (χ1v) is 6.43. The number of carbonyl (C=O) groups excluding carboxylic acids is 1. The van der Waals surface area contributed by atoms with Crippen molar-refractivity contribution in [3.8, 4) is 11.5 Å². The Bertz CT molecular complexity index is 625. The molecule has 0 bridgehead atoms. The summed E-state index contributed by atoms with van der Waals surface area (Å²) >= 11 is 0. The zero-order valence-electron chi connectivity index (χ0n) is 12.4. The molecule has 0 heterocycles. The maximum Gasteiger partial charge on any atom is 0.429 e. The Kier molecular flexibility index (Phi) is 6.60. The van der Waals surface area contributed by atoms with Gasteiger partial charge in [0.05, 0.1) is 0 Å². The van der Waals surface area contributed by atoms with E-state index in [2.05, 4.69) is 14.2 Å². The standard InChI is InChI=1S/C13H9F9O4/c14-4-13(21,22)26-10(23)8-3-7(24-5-11(15,16)17)1-2-9(8)25-6-12(18,19)20/h1-3H,4-6H2. The lowest BCUT2D eigenvalue weighted by atomic mass is 10.2. The summed E-state index contributed by atoms with van der Waals surface area (Å²) in [7, 11) is 0. The minimum absolute atomic E-state index is 0.397. The lowest BCUT2D eigenvalue weighted by Crippen LogP contribution is -2.28. The third-order valence-electron chi connectivity index (χ3n) is 2.36. The van der Waals surface area contributed by atoms with Crippen LogP contribution in [-0.2, 0) is 4.74 Å². The van der Waals surface area contributed by atoms with Gasteiger partial charge in [0.1, 0.15) is 17.1 Å². The lowest BCUT2D eigenvalue weighted by Gasteiger charge is -2.17. The largest absolute Gasteiger partial charge is 0.484 e. The van der Waals surface area contributed by atoms with Crippen molar-refractivity contribution in [2.24, 2.45) is 0 Å². The number of hydrogen-bond donors (Lipinski definition) is 0. The van der Waals surface area contributed by atoms with Gasteiger partial charge in [-0.05, 0) is 18.2 Å². The normalized spacial score (nSPS) is 12.7. The zero-order valence-corrected chi connectivity index (χ0v) is 12.4. The van der Waals surface area contributed by atoms with Gasteiger partial charge in [-0.3, -0.25) is 0 Å². The molecule has 0 aromatic heterocycles. The number of benzene rings is 1. The second-order valence-electron chi connectivity index (χ2n) is 4.63. The predicted octanol–water partition coefficient (Wildman–Crippen LogP) is 4.29. The molecule has 0 aliphatic heterocycles. The molecule has 0 radical (unpaired) electrons. The number of rotatable bonds is 7. The second kappa shape index (κ2) is 7.91. The minimum Gasteiger partial charge on any atom is -0.484 e. The van der Waals surface area contributed by atoms with E-state index < -0.39 is 61.4 Å². The van der Waals surface area contributed by atoms with Crippen LogP contribution in [0.15, 0.2) is 18.2 Å². The SMILES string of the molecule is O=C(OC(F)(F)CF)c1cc(OCC(F)(F)F)ccc1OCC(F)(F)F. The van der Waals surface area contributed by atoms with Crippen molar-refractivity contribution in [3.63, 3.8) is 0 Å². The first-order chi connectivity index (χ1) is 11.7. The van der Waals surface area contributed by atoms with Crippen LogP contribution in [0.1, 0.15) is 10.4 Å². The number of carbonyl (C=O) groups is 1. The Hall–Kier alpha value is -2.34. The van der Waals surface area contributed by atoms with Crippen LogP contribution < -0.4 is 9.47 Å². The highest BCUT2D eigenvalue weighted by Gasteiger charge is 2.36. The average molecular weight is 400 g/mol. The molecule has 4 nitrogen and oxygen atoms in total. The van der Waals surface area contributed by atoms with Gasteiger partial charge in [-0.25, -0.2) is 9.18 Å². The summed E-state index contributed by atoms with van der Waals surface area (Å²) in [6.45, 7) is -6.19. The van der Waals surface area contributed by atoms with Crippen molar-refractivity contribution >= 4 is 5.97 Å². The Morgan fingerprint density at radius 2 is 1.42 bits per heavy atom.